The maximum Gasteiger partial charge on any atom is 0.115 e. The zero-order valence-electron chi connectivity index (χ0n) is 10.5. The van der Waals surface area contributed by atoms with Gasteiger partial charge in [0.05, 0.1) is 5.69 Å². The van der Waals surface area contributed by atoms with E-state index in [9.17, 15) is 0 Å². The molecule has 0 saturated heterocycles. The highest BCUT2D eigenvalue weighted by atomic mass is 15.2. The molecule has 1 atom stereocenters. The van der Waals surface area contributed by atoms with E-state index >= 15 is 0 Å². The zero-order valence-corrected chi connectivity index (χ0v) is 10.5. The molecule has 0 amide bonds. The predicted octanol–water partition coefficient (Wildman–Crippen LogP) is 1.99. The Morgan fingerprint density at radius 3 is 3.06 bits per heavy atom. The lowest BCUT2D eigenvalue weighted by Gasteiger charge is -2.32. The standard InChI is InChI=1S/C14H16N4/c1-11(12-3-2-5-15-7-12)18-6-4-13-8-16-10-17-14(13)9-18/h2-3,5,7-8,10-11H,4,6,9H2,1H3/t11-/m1/s1. The average Bonchev–Trinajstić information content (AvgIpc) is 2.47. The van der Waals surface area contributed by atoms with E-state index in [1.807, 2.05) is 24.7 Å². The second kappa shape index (κ2) is 4.82. The first-order valence-electron chi connectivity index (χ1n) is 6.26. The molecule has 3 rings (SSSR count). The number of nitrogens with zero attached hydrogens (tertiary/aromatic N) is 4. The van der Waals surface area contributed by atoms with Crippen LogP contribution in [0.25, 0.3) is 0 Å². The van der Waals surface area contributed by atoms with Crippen LogP contribution in [0, 0.1) is 0 Å². The van der Waals surface area contributed by atoms with Gasteiger partial charge in [-0.05, 0) is 30.5 Å². The van der Waals surface area contributed by atoms with Crippen LogP contribution < -0.4 is 0 Å². The Balaban J connectivity index is 1.80. The summed E-state index contributed by atoms with van der Waals surface area (Å²) < 4.78 is 0. The van der Waals surface area contributed by atoms with Crippen LogP contribution in [-0.4, -0.2) is 26.4 Å². The van der Waals surface area contributed by atoms with Crippen molar-refractivity contribution in [1.82, 2.24) is 19.9 Å². The van der Waals surface area contributed by atoms with Crippen LogP contribution >= 0.6 is 0 Å². The average molecular weight is 240 g/mol. The molecule has 0 saturated carbocycles. The van der Waals surface area contributed by atoms with E-state index in [2.05, 4.69) is 32.8 Å². The minimum atomic E-state index is 0.377. The minimum Gasteiger partial charge on any atom is -0.290 e. The van der Waals surface area contributed by atoms with Crippen LogP contribution in [0.1, 0.15) is 29.8 Å². The van der Waals surface area contributed by atoms with E-state index in [-0.39, 0.29) is 0 Å². The van der Waals surface area contributed by atoms with Gasteiger partial charge >= 0.3 is 0 Å². The van der Waals surface area contributed by atoms with Gasteiger partial charge in [-0.3, -0.25) is 9.88 Å². The zero-order chi connectivity index (χ0) is 12.4. The van der Waals surface area contributed by atoms with Crippen molar-refractivity contribution in [3.63, 3.8) is 0 Å². The van der Waals surface area contributed by atoms with Gasteiger partial charge in [0, 0.05) is 37.7 Å². The summed E-state index contributed by atoms with van der Waals surface area (Å²) in [6, 6.07) is 4.50. The third kappa shape index (κ3) is 2.11. The van der Waals surface area contributed by atoms with E-state index in [4.69, 9.17) is 0 Å². The van der Waals surface area contributed by atoms with E-state index in [1.54, 1.807) is 6.33 Å². The number of pyridine rings is 1. The van der Waals surface area contributed by atoms with E-state index in [0.29, 0.717) is 6.04 Å². The number of aromatic nitrogens is 3. The maximum atomic E-state index is 4.38. The molecule has 0 bridgehead atoms. The molecule has 4 heteroatoms. The minimum absolute atomic E-state index is 0.377. The molecule has 0 fully saturated rings. The van der Waals surface area contributed by atoms with Crippen LogP contribution in [0.3, 0.4) is 0 Å². The van der Waals surface area contributed by atoms with Gasteiger partial charge in [-0.25, -0.2) is 9.97 Å². The molecule has 0 radical (unpaired) electrons. The summed E-state index contributed by atoms with van der Waals surface area (Å²) in [5.74, 6) is 0. The summed E-state index contributed by atoms with van der Waals surface area (Å²) in [5.41, 5.74) is 3.70. The van der Waals surface area contributed by atoms with Crippen molar-refractivity contribution in [3.05, 3.63) is 53.9 Å². The fourth-order valence-electron chi connectivity index (χ4n) is 2.43. The van der Waals surface area contributed by atoms with Crippen LogP contribution in [0.2, 0.25) is 0 Å². The van der Waals surface area contributed by atoms with Gasteiger partial charge in [0.25, 0.3) is 0 Å². The Kier molecular flexibility index (Phi) is 3.02. The topological polar surface area (TPSA) is 41.9 Å². The molecule has 2 aromatic rings. The molecule has 18 heavy (non-hydrogen) atoms. The number of hydrogen-bond acceptors (Lipinski definition) is 4. The summed E-state index contributed by atoms with van der Waals surface area (Å²) in [5, 5.41) is 0. The van der Waals surface area contributed by atoms with Crippen molar-refractivity contribution in [2.75, 3.05) is 6.54 Å². The van der Waals surface area contributed by atoms with Crippen LogP contribution in [0.15, 0.2) is 37.1 Å². The largest absolute Gasteiger partial charge is 0.290 e. The molecule has 3 heterocycles. The van der Waals surface area contributed by atoms with E-state index in [0.717, 1.165) is 25.2 Å². The van der Waals surface area contributed by atoms with Crippen molar-refractivity contribution in [2.24, 2.45) is 0 Å². The lowest BCUT2D eigenvalue weighted by atomic mass is 10.0. The molecule has 0 unspecified atom stereocenters. The van der Waals surface area contributed by atoms with Crippen LogP contribution in [0.5, 0.6) is 0 Å². The molecule has 0 aromatic carbocycles. The molecule has 4 nitrogen and oxygen atoms in total. The number of fused-ring (bicyclic) bond motifs is 1. The van der Waals surface area contributed by atoms with Crippen molar-refractivity contribution < 1.29 is 0 Å². The first kappa shape index (κ1) is 11.3. The fraction of sp³-hybridized carbons (Fsp3) is 0.357. The molecule has 0 spiro atoms. The van der Waals surface area contributed by atoms with Gasteiger partial charge in [0.15, 0.2) is 0 Å². The maximum absolute atomic E-state index is 4.38. The van der Waals surface area contributed by atoms with E-state index < -0.39 is 0 Å². The fourth-order valence-corrected chi connectivity index (χ4v) is 2.43. The Morgan fingerprint density at radius 2 is 2.22 bits per heavy atom. The quantitative estimate of drug-likeness (QED) is 0.805. The Morgan fingerprint density at radius 1 is 1.28 bits per heavy atom. The molecular formula is C14H16N4. The number of hydrogen-bond donors (Lipinski definition) is 0. The van der Waals surface area contributed by atoms with Gasteiger partial charge in [-0.1, -0.05) is 6.07 Å². The lowest BCUT2D eigenvalue weighted by molar-refractivity contribution is 0.188. The molecule has 1 aliphatic heterocycles. The second-order valence-electron chi connectivity index (χ2n) is 4.68. The third-order valence-electron chi connectivity index (χ3n) is 3.62. The highest BCUT2D eigenvalue weighted by Crippen LogP contribution is 2.25. The first-order chi connectivity index (χ1) is 8.84. The molecule has 0 aliphatic carbocycles. The molecule has 1 aliphatic rings. The summed E-state index contributed by atoms with van der Waals surface area (Å²) in [6.07, 6.45) is 8.36. The Labute approximate surface area is 107 Å². The summed E-state index contributed by atoms with van der Waals surface area (Å²) >= 11 is 0. The van der Waals surface area contributed by atoms with Gasteiger partial charge in [0.2, 0.25) is 0 Å². The monoisotopic (exact) mass is 240 g/mol. The number of rotatable bonds is 2. The third-order valence-corrected chi connectivity index (χ3v) is 3.62. The highest BCUT2D eigenvalue weighted by Gasteiger charge is 2.22. The Bertz CT molecular complexity index is 526. The summed E-state index contributed by atoms with van der Waals surface area (Å²) in [7, 11) is 0. The van der Waals surface area contributed by atoms with Crippen LogP contribution in [0.4, 0.5) is 0 Å². The SMILES string of the molecule is C[C@H](c1cccnc1)N1CCc2cncnc2C1. The molecule has 92 valence electrons. The molecule has 2 aromatic heterocycles. The van der Waals surface area contributed by atoms with Crippen molar-refractivity contribution in [2.45, 2.75) is 25.9 Å². The predicted molar refractivity (Wildman–Crippen MR) is 68.8 cm³/mol. The van der Waals surface area contributed by atoms with Gasteiger partial charge < -0.3 is 0 Å². The molecule has 0 N–H and O–H groups in total. The highest BCUT2D eigenvalue weighted by molar-refractivity contribution is 5.21. The lowest BCUT2D eigenvalue weighted by Crippen LogP contribution is -2.33. The van der Waals surface area contributed by atoms with Crippen molar-refractivity contribution >= 4 is 0 Å². The van der Waals surface area contributed by atoms with Crippen molar-refractivity contribution in [3.8, 4) is 0 Å². The summed E-state index contributed by atoms with van der Waals surface area (Å²) in [6.45, 7) is 4.17. The second-order valence-corrected chi connectivity index (χ2v) is 4.68. The summed E-state index contributed by atoms with van der Waals surface area (Å²) in [4.78, 5) is 15.1. The van der Waals surface area contributed by atoms with E-state index in [1.165, 1.54) is 11.1 Å². The Hall–Kier alpha value is -1.81. The van der Waals surface area contributed by atoms with Gasteiger partial charge in [0.1, 0.15) is 6.33 Å². The van der Waals surface area contributed by atoms with Crippen LogP contribution in [-0.2, 0) is 13.0 Å². The molecular weight excluding hydrogens is 224 g/mol. The van der Waals surface area contributed by atoms with Gasteiger partial charge in [-0.15, -0.1) is 0 Å². The first-order valence-corrected chi connectivity index (χ1v) is 6.26. The normalized spacial score (nSPS) is 17.2. The smallest absolute Gasteiger partial charge is 0.115 e. The van der Waals surface area contributed by atoms with Gasteiger partial charge in [-0.2, -0.15) is 0 Å². The van der Waals surface area contributed by atoms with Crippen molar-refractivity contribution in [1.29, 1.82) is 0 Å².